The molecule has 0 saturated heterocycles. The zero-order valence-corrected chi connectivity index (χ0v) is 10.9. The smallest absolute Gasteiger partial charge is 0.269 e. The molecule has 1 aromatic rings. The predicted molar refractivity (Wildman–Crippen MR) is 72.2 cm³/mol. The Balaban J connectivity index is 2.31. The molecule has 0 spiro atoms. The number of hydrogen-bond acceptors (Lipinski definition) is 5. The summed E-state index contributed by atoms with van der Waals surface area (Å²) < 4.78 is 0. The van der Waals surface area contributed by atoms with Crippen LogP contribution in [0, 0.1) is 0 Å². The molecule has 0 aliphatic rings. The first kappa shape index (κ1) is 14.4. The summed E-state index contributed by atoms with van der Waals surface area (Å²) in [6.07, 6.45) is 2.02. The third kappa shape index (κ3) is 5.11. The van der Waals surface area contributed by atoms with Crippen LogP contribution < -0.4 is 16.6 Å². The lowest BCUT2D eigenvalue weighted by Gasteiger charge is -2.09. The van der Waals surface area contributed by atoms with E-state index >= 15 is 0 Å². The number of hydrazine groups is 1. The third-order valence-electron chi connectivity index (χ3n) is 2.45. The van der Waals surface area contributed by atoms with Gasteiger partial charge in [-0.1, -0.05) is 6.07 Å². The molecule has 0 unspecified atom stereocenters. The molecule has 1 amide bonds. The van der Waals surface area contributed by atoms with E-state index in [0.29, 0.717) is 18.1 Å². The fourth-order valence-electron chi connectivity index (χ4n) is 1.49. The molecule has 18 heavy (non-hydrogen) atoms. The SMILES string of the molecule is CN(C)CCCCNC(=O)c1cccc(NN)n1. The zero-order chi connectivity index (χ0) is 13.4. The van der Waals surface area contributed by atoms with E-state index in [4.69, 9.17) is 5.84 Å². The number of unbranched alkanes of at least 4 members (excludes halogenated alkanes) is 1. The molecule has 1 aromatic heterocycles. The van der Waals surface area contributed by atoms with Gasteiger partial charge in [0.2, 0.25) is 0 Å². The van der Waals surface area contributed by atoms with E-state index < -0.39 is 0 Å². The largest absolute Gasteiger partial charge is 0.351 e. The highest BCUT2D eigenvalue weighted by Gasteiger charge is 2.06. The van der Waals surface area contributed by atoms with E-state index in [1.165, 1.54) is 0 Å². The molecule has 6 heteroatoms. The van der Waals surface area contributed by atoms with E-state index in [0.717, 1.165) is 19.4 Å². The van der Waals surface area contributed by atoms with Gasteiger partial charge in [-0.05, 0) is 45.6 Å². The Kier molecular flexibility index (Phi) is 6.10. The van der Waals surface area contributed by atoms with Crippen LogP contribution in [0.2, 0.25) is 0 Å². The molecule has 6 nitrogen and oxygen atoms in total. The average Bonchev–Trinajstić information content (AvgIpc) is 2.37. The molecule has 0 fully saturated rings. The molecule has 4 N–H and O–H groups in total. The number of carbonyl (C=O) groups excluding carboxylic acids is 1. The number of amides is 1. The van der Waals surface area contributed by atoms with Gasteiger partial charge < -0.3 is 15.6 Å². The number of nitrogen functional groups attached to an aromatic ring is 1. The maximum absolute atomic E-state index is 11.8. The van der Waals surface area contributed by atoms with Crippen molar-refractivity contribution in [1.82, 2.24) is 15.2 Å². The summed E-state index contributed by atoms with van der Waals surface area (Å²) in [6, 6.07) is 5.10. The Labute approximate surface area is 108 Å². The van der Waals surface area contributed by atoms with Gasteiger partial charge in [0.1, 0.15) is 11.5 Å². The first-order valence-electron chi connectivity index (χ1n) is 6.00. The van der Waals surface area contributed by atoms with Crippen molar-refractivity contribution in [2.24, 2.45) is 5.84 Å². The standard InChI is InChI=1S/C12H21N5O/c1-17(2)9-4-3-8-14-12(18)10-6-5-7-11(15-10)16-13/h5-7H,3-4,8-9,13H2,1-2H3,(H,14,18)(H,15,16). The number of hydrogen-bond donors (Lipinski definition) is 3. The lowest BCUT2D eigenvalue weighted by atomic mass is 10.3. The number of rotatable bonds is 7. The summed E-state index contributed by atoms with van der Waals surface area (Å²) >= 11 is 0. The van der Waals surface area contributed by atoms with Crippen molar-refractivity contribution in [2.45, 2.75) is 12.8 Å². The Hall–Kier alpha value is -1.66. The number of nitrogens with two attached hydrogens (primary N) is 1. The Morgan fingerprint density at radius 2 is 2.17 bits per heavy atom. The fraction of sp³-hybridized carbons (Fsp3) is 0.500. The average molecular weight is 251 g/mol. The second kappa shape index (κ2) is 7.62. The third-order valence-corrected chi connectivity index (χ3v) is 2.45. The number of aromatic nitrogens is 1. The molecule has 0 bridgehead atoms. The van der Waals surface area contributed by atoms with Gasteiger partial charge >= 0.3 is 0 Å². The normalized spacial score (nSPS) is 10.4. The molecule has 1 rings (SSSR count). The highest BCUT2D eigenvalue weighted by molar-refractivity contribution is 5.92. The van der Waals surface area contributed by atoms with Gasteiger partial charge in [-0.25, -0.2) is 10.8 Å². The van der Waals surface area contributed by atoms with E-state index in [2.05, 4.69) is 20.6 Å². The van der Waals surface area contributed by atoms with Crippen molar-refractivity contribution in [3.05, 3.63) is 23.9 Å². The van der Waals surface area contributed by atoms with Crippen LogP contribution in [0.4, 0.5) is 5.82 Å². The Morgan fingerprint density at radius 3 is 2.83 bits per heavy atom. The van der Waals surface area contributed by atoms with Gasteiger partial charge in [0.25, 0.3) is 5.91 Å². The first-order valence-corrected chi connectivity index (χ1v) is 6.00. The van der Waals surface area contributed by atoms with Gasteiger partial charge in [0, 0.05) is 6.54 Å². The maximum Gasteiger partial charge on any atom is 0.269 e. The number of nitrogens with one attached hydrogen (secondary N) is 2. The van der Waals surface area contributed by atoms with Crippen LogP contribution in [-0.4, -0.2) is 43.0 Å². The summed E-state index contributed by atoms with van der Waals surface area (Å²) in [4.78, 5) is 17.9. The summed E-state index contributed by atoms with van der Waals surface area (Å²) in [7, 11) is 4.07. The minimum atomic E-state index is -0.169. The summed E-state index contributed by atoms with van der Waals surface area (Å²) in [6.45, 7) is 1.69. The summed E-state index contributed by atoms with van der Waals surface area (Å²) in [5.41, 5.74) is 2.79. The van der Waals surface area contributed by atoms with Crippen LogP contribution in [-0.2, 0) is 0 Å². The Morgan fingerprint density at radius 1 is 1.39 bits per heavy atom. The van der Waals surface area contributed by atoms with Gasteiger partial charge in [-0.15, -0.1) is 0 Å². The molecule has 0 aliphatic heterocycles. The summed E-state index contributed by atoms with van der Waals surface area (Å²) in [5.74, 6) is 5.55. The molecule has 0 atom stereocenters. The highest BCUT2D eigenvalue weighted by Crippen LogP contribution is 2.02. The topological polar surface area (TPSA) is 83.3 Å². The van der Waals surface area contributed by atoms with E-state index in [1.54, 1.807) is 18.2 Å². The minimum Gasteiger partial charge on any atom is -0.351 e. The maximum atomic E-state index is 11.8. The zero-order valence-electron chi connectivity index (χ0n) is 10.9. The quantitative estimate of drug-likeness (QED) is 0.372. The lowest BCUT2D eigenvalue weighted by Crippen LogP contribution is -2.26. The Bertz CT molecular complexity index is 380. The van der Waals surface area contributed by atoms with Crippen LogP contribution in [0.1, 0.15) is 23.3 Å². The number of nitrogens with zero attached hydrogens (tertiary/aromatic N) is 2. The number of pyridine rings is 1. The minimum absolute atomic E-state index is 0.169. The van der Waals surface area contributed by atoms with E-state index in [-0.39, 0.29) is 5.91 Å². The monoisotopic (exact) mass is 251 g/mol. The van der Waals surface area contributed by atoms with E-state index in [1.807, 2.05) is 14.1 Å². The van der Waals surface area contributed by atoms with Crippen LogP contribution in [0.15, 0.2) is 18.2 Å². The lowest BCUT2D eigenvalue weighted by molar-refractivity contribution is 0.0948. The van der Waals surface area contributed by atoms with Crippen molar-refractivity contribution >= 4 is 11.7 Å². The van der Waals surface area contributed by atoms with Crippen LogP contribution in [0.25, 0.3) is 0 Å². The van der Waals surface area contributed by atoms with Crippen LogP contribution >= 0.6 is 0 Å². The van der Waals surface area contributed by atoms with Crippen molar-refractivity contribution in [3.63, 3.8) is 0 Å². The van der Waals surface area contributed by atoms with Gasteiger partial charge in [-0.2, -0.15) is 0 Å². The molecule has 0 aromatic carbocycles. The van der Waals surface area contributed by atoms with E-state index in [9.17, 15) is 4.79 Å². The summed E-state index contributed by atoms with van der Waals surface area (Å²) in [5, 5.41) is 2.84. The van der Waals surface area contributed by atoms with Gasteiger partial charge in [-0.3, -0.25) is 4.79 Å². The fourth-order valence-corrected chi connectivity index (χ4v) is 1.49. The van der Waals surface area contributed by atoms with Crippen LogP contribution in [0.3, 0.4) is 0 Å². The van der Waals surface area contributed by atoms with Crippen molar-refractivity contribution in [2.75, 3.05) is 32.6 Å². The number of carbonyl (C=O) groups is 1. The van der Waals surface area contributed by atoms with Crippen molar-refractivity contribution in [3.8, 4) is 0 Å². The molecular formula is C12H21N5O. The second-order valence-corrected chi connectivity index (χ2v) is 4.32. The van der Waals surface area contributed by atoms with Crippen LogP contribution in [0.5, 0.6) is 0 Å². The molecular weight excluding hydrogens is 230 g/mol. The number of anilines is 1. The highest BCUT2D eigenvalue weighted by atomic mass is 16.1. The van der Waals surface area contributed by atoms with Gasteiger partial charge in [0.05, 0.1) is 0 Å². The molecule has 0 saturated carbocycles. The predicted octanol–water partition coefficient (Wildman–Crippen LogP) is 0.439. The van der Waals surface area contributed by atoms with Crippen molar-refractivity contribution < 1.29 is 4.79 Å². The van der Waals surface area contributed by atoms with Gasteiger partial charge in [0.15, 0.2) is 0 Å². The molecule has 0 aliphatic carbocycles. The molecule has 100 valence electrons. The molecule has 1 heterocycles. The van der Waals surface area contributed by atoms with Crippen molar-refractivity contribution in [1.29, 1.82) is 0 Å². The first-order chi connectivity index (χ1) is 8.63. The molecule has 0 radical (unpaired) electrons. The second-order valence-electron chi connectivity index (χ2n) is 4.32.